The van der Waals surface area contributed by atoms with Crippen LogP contribution in [-0.2, 0) is 17.0 Å². The van der Waals surface area contributed by atoms with Crippen molar-refractivity contribution in [3.8, 4) is 0 Å². The maximum absolute atomic E-state index is 2.86. The minimum absolute atomic E-state index is 1.32. The Balaban J connectivity index is -0.000000196. The predicted molar refractivity (Wildman–Crippen MR) is 82.6 cm³/mol. The number of aryl methyl sites for hydroxylation is 1. The molecule has 0 bridgehead atoms. The summed E-state index contributed by atoms with van der Waals surface area (Å²) in [5.74, 6) is 0. The van der Waals surface area contributed by atoms with Gasteiger partial charge in [-0.25, -0.2) is 0 Å². The Morgan fingerprint density at radius 3 is 1.72 bits per heavy atom. The second-order valence-electron chi connectivity index (χ2n) is 2.64. The van der Waals surface area contributed by atoms with Gasteiger partial charge in [0, 0.05) is 0 Å². The third-order valence-electron chi connectivity index (χ3n) is 1.40. The number of benzene rings is 1. The molecule has 0 saturated heterocycles. The summed E-state index contributed by atoms with van der Waals surface area (Å²) in [6, 6.07) is 10.3. The quantitative estimate of drug-likeness (QED) is 0.509. The maximum atomic E-state index is 2.86. The topological polar surface area (TPSA) is 0 Å². The van der Waals surface area contributed by atoms with Crippen LogP contribution in [0.5, 0.6) is 0 Å². The minimum Gasteiger partial charge on any atom is -0.0622 e. The Morgan fingerprint density at radius 2 is 1.44 bits per heavy atom. The van der Waals surface area contributed by atoms with Crippen LogP contribution in [0, 0.1) is 13.0 Å². The van der Waals surface area contributed by atoms with Crippen LogP contribution >= 0.6 is 0 Å². The van der Waals surface area contributed by atoms with Crippen LogP contribution in [0.1, 0.15) is 40.2 Å². The van der Waals surface area contributed by atoms with Gasteiger partial charge in [-0.2, -0.15) is 0 Å². The molecule has 0 amide bonds. The van der Waals surface area contributed by atoms with E-state index >= 15 is 0 Å². The Bertz CT molecular complexity index is 284. The first-order valence-corrected chi connectivity index (χ1v) is 7.26. The van der Waals surface area contributed by atoms with Crippen molar-refractivity contribution in [1.29, 1.82) is 0 Å². The summed E-state index contributed by atoms with van der Waals surface area (Å²) >= 11 is 2.36. The van der Waals surface area contributed by atoms with E-state index in [1.807, 2.05) is 75.8 Å². The standard InChI is InChI=1S/C7H8.C6H7.2C2H6.V/c1-7-5-3-2-4-6-7;1-3-5-6-4-2;2*1-2;/h2-6H,1H3;1,3,5-6H,2H3;2*1-2H3;/q;-1;;;/b;5-3-;;;. The molecule has 0 fully saturated rings. The van der Waals surface area contributed by atoms with E-state index in [4.69, 9.17) is 0 Å². The summed E-state index contributed by atoms with van der Waals surface area (Å²) < 4.78 is 1.92. The van der Waals surface area contributed by atoms with E-state index in [9.17, 15) is 0 Å². The van der Waals surface area contributed by atoms with Crippen molar-refractivity contribution in [2.75, 3.05) is 0 Å². The maximum Gasteiger partial charge on any atom is -0.0398 e. The number of hydrogen-bond acceptors (Lipinski definition) is 0. The van der Waals surface area contributed by atoms with Gasteiger partial charge in [-0.1, -0.05) is 63.6 Å². The molecule has 101 valence electrons. The van der Waals surface area contributed by atoms with E-state index in [0.717, 1.165) is 0 Å². The Hall–Kier alpha value is -0.846. The molecule has 1 rings (SSSR count). The fourth-order valence-electron chi connectivity index (χ4n) is 0.736. The molecular formula is C17H27V-. The van der Waals surface area contributed by atoms with E-state index in [-0.39, 0.29) is 0 Å². The summed E-state index contributed by atoms with van der Waals surface area (Å²) in [6.45, 7) is 12.0. The van der Waals surface area contributed by atoms with Crippen molar-refractivity contribution in [2.24, 2.45) is 0 Å². The molecule has 0 heterocycles. The van der Waals surface area contributed by atoms with Crippen molar-refractivity contribution >= 4 is 4.73 Å². The second-order valence-corrected chi connectivity index (χ2v) is 3.11. The Kier molecular flexibility index (Phi) is 31.2. The molecule has 18 heavy (non-hydrogen) atoms. The van der Waals surface area contributed by atoms with Gasteiger partial charge in [0.1, 0.15) is 0 Å². The van der Waals surface area contributed by atoms with Crippen molar-refractivity contribution in [3.63, 3.8) is 0 Å². The third-order valence-corrected chi connectivity index (χ3v) is 1.67. The molecule has 1 aromatic carbocycles. The van der Waals surface area contributed by atoms with Crippen molar-refractivity contribution in [2.45, 2.75) is 41.5 Å². The molecule has 0 unspecified atom stereocenters. The van der Waals surface area contributed by atoms with Crippen LogP contribution in [0.3, 0.4) is 0 Å². The zero-order chi connectivity index (χ0) is 14.6. The van der Waals surface area contributed by atoms with Crippen molar-refractivity contribution in [1.82, 2.24) is 0 Å². The van der Waals surface area contributed by atoms with Gasteiger partial charge >= 0.3 is 52.9 Å². The molecule has 0 atom stereocenters. The van der Waals surface area contributed by atoms with E-state index in [1.165, 1.54) is 5.56 Å². The normalized spacial score (nSPS) is 8.28. The average molecular weight is 282 g/mol. The van der Waals surface area contributed by atoms with Gasteiger partial charge in [0.25, 0.3) is 0 Å². The van der Waals surface area contributed by atoms with E-state index in [1.54, 1.807) is 0 Å². The van der Waals surface area contributed by atoms with Crippen LogP contribution in [-0.4, -0.2) is 4.73 Å². The van der Waals surface area contributed by atoms with Crippen LogP contribution in [0.25, 0.3) is 0 Å². The van der Waals surface area contributed by atoms with Gasteiger partial charge < -0.3 is 0 Å². The van der Waals surface area contributed by atoms with Gasteiger partial charge in [0.05, 0.1) is 0 Å². The zero-order valence-corrected chi connectivity index (χ0v) is 14.0. The smallest absolute Gasteiger partial charge is 0.0398 e. The van der Waals surface area contributed by atoms with E-state index < -0.39 is 0 Å². The van der Waals surface area contributed by atoms with Gasteiger partial charge in [0.15, 0.2) is 0 Å². The number of hydrogen-bond donors (Lipinski definition) is 0. The molecule has 1 aromatic rings. The largest absolute Gasteiger partial charge is 0.0622 e. The molecule has 0 radical (unpaired) electrons. The van der Waals surface area contributed by atoms with Gasteiger partial charge in [0.2, 0.25) is 0 Å². The summed E-state index contributed by atoms with van der Waals surface area (Å²) in [7, 11) is 0. The number of rotatable bonds is 2. The third kappa shape index (κ3) is 24.4. The Labute approximate surface area is 123 Å². The molecular weight excluding hydrogens is 255 g/mol. The van der Waals surface area contributed by atoms with E-state index in [2.05, 4.69) is 42.1 Å². The first-order valence-electron chi connectivity index (χ1n) is 6.46. The summed E-state index contributed by atoms with van der Waals surface area (Å²) in [5, 5.41) is 0. The molecule has 0 N–H and O–H groups in total. The van der Waals surface area contributed by atoms with Crippen LogP contribution in [0.15, 0.2) is 48.6 Å². The van der Waals surface area contributed by atoms with Gasteiger partial charge in [-0.05, 0) is 6.92 Å². The first kappa shape index (κ1) is 22.3. The molecule has 0 aliphatic heterocycles. The first-order chi connectivity index (χ1) is 8.81. The van der Waals surface area contributed by atoms with Crippen LogP contribution < -0.4 is 0 Å². The number of allylic oxidation sites excluding steroid dienone is 4. The van der Waals surface area contributed by atoms with Crippen molar-refractivity contribution in [3.05, 3.63) is 60.2 Å². The molecule has 0 saturated carbocycles. The zero-order valence-electron chi connectivity index (χ0n) is 12.6. The Morgan fingerprint density at radius 1 is 0.944 bits per heavy atom. The van der Waals surface area contributed by atoms with Gasteiger partial charge in [-0.3, -0.25) is 0 Å². The van der Waals surface area contributed by atoms with Gasteiger partial charge in [-0.15, -0.1) is 0 Å². The fourth-order valence-corrected chi connectivity index (χ4v) is 0.891. The minimum atomic E-state index is 1.32. The van der Waals surface area contributed by atoms with Crippen molar-refractivity contribution < 1.29 is 17.0 Å². The monoisotopic (exact) mass is 282 g/mol. The molecule has 0 aliphatic carbocycles. The summed E-state index contributed by atoms with van der Waals surface area (Å²) in [5.41, 5.74) is 1.32. The van der Waals surface area contributed by atoms with E-state index in [0.29, 0.717) is 0 Å². The molecule has 0 nitrogen and oxygen atoms in total. The molecule has 0 aliphatic rings. The van der Waals surface area contributed by atoms with Crippen LogP contribution in [0.2, 0.25) is 0 Å². The average Bonchev–Trinajstić information content (AvgIpc) is 2.45. The fraction of sp³-hybridized carbons (Fsp3) is 0.353. The molecule has 0 spiro atoms. The second kappa shape index (κ2) is 25.1. The molecule has 0 aromatic heterocycles. The molecule has 1 heteroatoms. The summed E-state index contributed by atoms with van der Waals surface area (Å²) in [4.78, 5) is 0. The predicted octanol–water partition coefficient (Wildman–Crippen LogP) is 5.32. The summed E-state index contributed by atoms with van der Waals surface area (Å²) in [6.07, 6.45) is 8.60. The van der Waals surface area contributed by atoms with Crippen LogP contribution in [0.4, 0.5) is 0 Å². The SMILES string of the molecule is CC.CC.C[C-]=C/C=C\[CH]=[V].Cc1ccccc1.